The van der Waals surface area contributed by atoms with Crippen LogP contribution >= 0.6 is 0 Å². The zero-order chi connectivity index (χ0) is 25.9. The van der Waals surface area contributed by atoms with E-state index in [0.29, 0.717) is 42.8 Å². The van der Waals surface area contributed by atoms with Crippen LogP contribution in [0, 0.1) is 5.82 Å². The Morgan fingerprint density at radius 3 is 2.73 bits per heavy atom. The molecule has 0 spiro atoms. The van der Waals surface area contributed by atoms with Crippen LogP contribution in [-0.4, -0.2) is 87.2 Å². The summed E-state index contributed by atoms with van der Waals surface area (Å²) in [7, 11) is 0. The Morgan fingerprint density at radius 2 is 2.03 bits per heavy atom. The van der Waals surface area contributed by atoms with Crippen LogP contribution in [0.25, 0.3) is 16.5 Å². The molecule has 4 atom stereocenters. The van der Waals surface area contributed by atoms with E-state index < -0.39 is 12.0 Å². The molecule has 6 heterocycles. The van der Waals surface area contributed by atoms with Gasteiger partial charge >= 0.3 is 6.01 Å². The monoisotopic (exact) mass is 510 g/mol. The Labute approximate surface area is 215 Å². The molecule has 0 aliphatic carbocycles. The highest BCUT2D eigenvalue weighted by Crippen LogP contribution is 2.41. The van der Waals surface area contributed by atoms with Crippen LogP contribution in [0.3, 0.4) is 0 Å². The highest BCUT2D eigenvalue weighted by Gasteiger charge is 2.49. The molecule has 4 saturated heterocycles. The molecule has 4 aliphatic rings. The summed E-state index contributed by atoms with van der Waals surface area (Å²) in [4.78, 5) is 32.1. The van der Waals surface area contributed by atoms with E-state index in [2.05, 4.69) is 32.9 Å². The summed E-state index contributed by atoms with van der Waals surface area (Å²) in [5.74, 6) is -0.0873. The second kappa shape index (κ2) is 9.01. The van der Waals surface area contributed by atoms with E-state index in [-0.39, 0.29) is 47.4 Å². The molecule has 2 aromatic heterocycles. The fourth-order valence-electron chi connectivity index (χ4n) is 6.81. The van der Waals surface area contributed by atoms with Crippen molar-refractivity contribution < 1.29 is 18.3 Å². The normalized spacial score (nSPS) is 29.1. The SMILES string of the molecule is C=CC(=O)N1C2CCC1CN(c1nc(OC[C@@]34CCCN3C[C@H](F)C4)nc3c(F)c(C(=C)C)ncc13)C2. The molecule has 196 valence electrons. The van der Waals surface area contributed by atoms with Crippen molar-refractivity contribution in [1.82, 2.24) is 24.8 Å². The summed E-state index contributed by atoms with van der Waals surface area (Å²) in [6.07, 6.45) is 6.14. The number of allylic oxidation sites excluding steroid dienone is 1. The Kier molecular flexibility index (Phi) is 5.89. The molecule has 10 heteroatoms. The number of anilines is 1. The predicted molar refractivity (Wildman–Crippen MR) is 137 cm³/mol. The van der Waals surface area contributed by atoms with Crippen LogP contribution in [0.5, 0.6) is 6.01 Å². The van der Waals surface area contributed by atoms with E-state index in [9.17, 15) is 9.18 Å². The van der Waals surface area contributed by atoms with Gasteiger partial charge in [-0.3, -0.25) is 14.7 Å². The van der Waals surface area contributed by atoms with Gasteiger partial charge in [-0.2, -0.15) is 9.97 Å². The number of carbonyl (C=O) groups excluding carboxylic acids is 1. The summed E-state index contributed by atoms with van der Waals surface area (Å²) in [6, 6.07) is 0.120. The number of pyridine rings is 1. The first-order chi connectivity index (χ1) is 17.8. The summed E-state index contributed by atoms with van der Waals surface area (Å²) in [6.45, 7) is 11.9. The van der Waals surface area contributed by atoms with Gasteiger partial charge in [-0.15, -0.1) is 0 Å². The van der Waals surface area contributed by atoms with Gasteiger partial charge in [0, 0.05) is 44.3 Å². The number of ether oxygens (including phenoxy) is 1. The molecule has 0 N–H and O–H groups in total. The third-order valence-electron chi connectivity index (χ3n) is 8.49. The Bertz CT molecular complexity index is 1270. The fraction of sp³-hybridized carbons (Fsp3) is 0.556. The molecule has 0 saturated carbocycles. The maximum Gasteiger partial charge on any atom is 0.319 e. The highest BCUT2D eigenvalue weighted by atomic mass is 19.1. The van der Waals surface area contributed by atoms with Crippen LogP contribution in [-0.2, 0) is 4.79 Å². The molecule has 0 aromatic carbocycles. The molecule has 0 radical (unpaired) electrons. The van der Waals surface area contributed by atoms with E-state index in [4.69, 9.17) is 9.72 Å². The van der Waals surface area contributed by atoms with Crippen molar-refractivity contribution in [1.29, 1.82) is 0 Å². The largest absolute Gasteiger partial charge is 0.461 e. The second-order valence-corrected chi connectivity index (χ2v) is 10.9. The van der Waals surface area contributed by atoms with E-state index in [1.807, 2.05) is 4.90 Å². The van der Waals surface area contributed by atoms with Gasteiger partial charge in [0.1, 0.15) is 29.8 Å². The molecule has 8 nitrogen and oxygen atoms in total. The first kappa shape index (κ1) is 24.2. The maximum atomic E-state index is 15.6. The van der Waals surface area contributed by atoms with Crippen molar-refractivity contribution in [2.24, 2.45) is 0 Å². The number of alkyl halides is 1. The van der Waals surface area contributed by atoms with Gasteiger partial charge in [-0.05, 0) is 50.8 Å². The summed E-state index contributed by atoms with van der Waals surface area (Å²) >= 11 is 0. The molecular formula is C27H32F2N6O2. The second-order valence-electron chi connectivity index (χ2n) is 10.9. The predicted octanol–water partition coefficient (Wildman–Crippen LogP) is 3.52. The zero-order valence-corrected chi connectivity index (χ0v) is 21.1. The van der Waals surface area contributed by atoms with Crippen molar-refractivity contribution in [3.05, 3.63) is 36.9 Å². The quantitative estimate of drug-likeness (QED) is 0.551. The number of piperazine rings is 1. The number of hydrogen-bond donors (Lipinski definition) is 0. The van der Waals surface area contributed by atoms with Crippen molar-refractivity contribution in [3.8, 4) is 6.01 Å². The first-order valence-electron chi connectivity index (χ1n) is 13.0. The number of rotatable bonds is 6. The van der Waals surface area contributed by atoms with Crippen LogP contribution in [0.2, 0.25) is 0 Å². The lowest BCUT2D eigenvalue weighted by atomic mass is 9.95. The van der Waals surface area contributed by atoms with Gasteiger partial charge in [-0.1, -0.05) is 13.2 Å². The van der Waals surface area contributed by atoms with Crippen LogP contribution in [0.1, 0.15) is 44.7 Å². The number of halogens is 2. The van der Waals surface area contributed by atoms with Gasteiger partial charge in [0.25, 0.3) is 0 Å². The number of carbonyl (C=O) groups is 1. The first-order valence-corrected chi connectivity index (χ1v) is 13.0. The fourth-order valence-corrected chi connectivity index (χ4v) is 6.81. The third kappa shape index (κ3) is 3.96. The number of hydrogen-bond acceptors (Lipinski definition) is 7. The van der Waals surface area contributed by atoms with Crippen LogP contribution in [0.4, 0.5) is 14.6 Å². The topological polar surface area (TPSA) is 74.7 Å². The summed E-state index contributed by atoms with van der Waals surface area (Å²) in [5.41, 5.74) is 0.409. The van der Waals surface area contributed by atoms with Crippen molar-refractivity contribution in [2.45, 2.75) is 62.8 Å². The number of fused-ring (bicyclic) bond motifs is 4. The van der Waals surface area contributed by atoms with Gasteiger partial charge in [0.05, 0.1) is 10.9 Å². The molecule has 2 bridgehead atoms. The molecule has 4 aliphatic heterocycles. The van der Waals surface area contributed by atoms with Crippen molar-refractivity contribution in [3.63, 3.8) is 0 Å². The standard InChI is InChI=1S/C27H32F2N6O2/c1-4-21(36)35-18-6-7-19(35)14-33(13-18)25-20-11-30-23(16(2)3)22(29)24(20)31-26(32-25)37-15-27-8-5-9-34(27)12-17(28)10-27/h4,11,17-19H,1-2,5-10,12-15H2,3H3/t17-,18?,19?,27+/m1/s1. The number of amides is 1. The minimum atomic E-state index is -0.872. The molecule has 37 heavy (non-hydrogen) atoms. The van der Waals surface area contributed by atoms with Crippen molar-refractivity contribution >= 4 is 28.2 Å². The number of aromatic nitrogens is 3. The summed E-state index contributed by atoms with van der Waals surface area (Å²) < 4.78 is 36.0. The molecule has 2 unspecified atom stereocenters. The maximum absolute atomic E-state index is 15.6. The van der Waals surface area contributed by atoms with Crippen LogP contribution in [0.15, 0.2) is 25.4 Å². The third-order valence-corrected chi connectivity index (χ3v) is 8.49. The summed E-state index contributed by atoms with van der Waals surface area (Å²) in [5, 5.41) is 0.489. The molecule has 1 amide bonds. The average molecular weight is 511 g/mol. The van der Waals surface area contributed by atoms with E-state index in [1.54, 1.807) is 13.1 Å². The average Bonchev–Trinajstić information content (AvgIpc) is 3.49. The van der Waals surface area contributed by atoms with E-state index in [0.717, 1.165) is 32.2 Å². The Hall–Kier alpha value is -3.14. The molecule has 6 rings (SSSR count). The van der Waals surface area contributed by atoms with Gasteiger partial charge in [0.2, 0.25) is 5.91 Å². The number of nitrogens with zero attached hydrogens (tertiary/aromatic N) is 6. The Morgan fingerprint density at radius 1 is 1.27 bits per heavy atom. The van der Waals surface area contributed by atoms with Gasteiger partial charge in [-0.25, -0.2) is 8.78 Å². The van der Waals surface area contributed by atoms with E-state index >= 15 is 4.39 Å². The lowest BCUT2D eigenvalue weighted by Crippen LogP contribution is -2.55. The van der Waals surface area contributed by atoms with Crippen molar-refractivity contribution in [2.75, 3.05) is 37.7 Å². The highest BCUT2D eigenvalue weighted by molar-refractivity contribution is 5.92. The lowest BCUT2D eigenvalue weighted by Gasteiger charge is -2.41. The smallest absolute Gasteiger partial charge is 0.319 e. The van der Waals surface area contributed by atoms with Gasteiger partial charge < -0.3 is 14.5 Å². The molecule has 2 aromatic rings. The lowest BCUT2D eigenvalue weighted by molar-refractivity contribution is -0.129. The minimum Gasteiger partial charge on any atom is -0.461 e. The van der Waals surface area contributed by atoms with Gasteiger partial charge in [0.15, 0.2) is 5.82 Å². The van der Waals surface area contributed by atoms with E-state index in [1.165, 1.54) is 6.08 Å². The molecular weight excluding hydrogens is 478 g/mol. The Balaban J connectivity index is 1.37. The minimum absolute atomic E-state index is 0.0250. The van der Waals surface area contributed by atoms with Crippen LogP contribution < -0.4 is 9.64 Å². The molecule has 4 fully saturated rings. The zero-order valence-electron chi connectivity index (χ0n) is 21.1.